The van der Waals surface area contributed by atoms with Gasteiger partial charge in [0.15, 0.2) is 0 Å². The maximum atomic E-state index is 10.6. The Morgan fingerprint density at radius 2 is 2.36 bits per heavy atom. The average Bonchev–Trinajstić information content (AvgIpc) is 2.14. The van der Waals surface area contributed by atoms with Crippen LogP contribution >= 0.6 is 11.6 Å². The van der Waals surface area contributed by atoms with Crippen molar-refractivity contribution in [3.8, 4) is 0 Å². The molecule has 0 radical (unpaired) electrons. The number of carbonyl (C=O) groups is 1. The number of carboxylic acids is 1. The van der Waals surface area contributed by atoms with E-state index in [1.54, 1.807) is 6.07 Å². The van der Waals surface area contributed by atoms with E-state index in [1.165, 1.54) is 12.1 Å². The van der Waals surface area contributed by atoms with Crippen molar-refractivity contribution in [3.05, 3.63) is 28.8 Å². The minimum absolute atomic E-state index is 0.0586. The van der Waals surface area contributed by atoms with Gasteiger partial charge in [-0.15, -0.1) is 4.47 Å². The van der Waals surface area contributed by atoms with Crippen molar-refractivity contribution in [2.75, 3.05) is 5.43 Å². The predicted octanol–water partition coefficient (Wildman–Crippen LogP) is 2.09. The van der Waals surface area contributed by atoms with Crippen LogP contribution in [0.2, 0.25) is 5.02 Å². The molecule has 1 rings (SSSR count). The summed E-state index contributed by atoms with van der Waals surface area (Å²) in [4.78, 5) is 10.6. The highest BCUT2D eigenvalue weighted by atomic mass is 35.5. The summed E-state index contributed by atoms with van der Waals surface area (Å²) in [7, 11) is 0.851. The molecule has 0 fully saturated rings. The third-order valence-electron chi connectivity index (χ3n) is 1.41. The zero-order valence-electron chi connectivity index (χ0n) is 6.73. The van der Waals surface area contributed by atoms with Crippen molar-refractivity contribution in [2.45, 2.75) is 0 Å². The Bertz CT molecular complexity index is 418. The number of halogens is 1. The number of anilines is 1. The third kappa shape index (κ3) is 2.76. The number of hydrogen-bond acceptors (Lipinski definition) is 3. The molecule has 1 aromatic rings. The number of aromatic carboxylic acids is 1. The first kappa shape index (κ1) is 11.1. The number of hydrogen-bond donors (Lipinski definition) is 2. The molecule has 0 spiro atoms. The first-order valence-corrected chi connectivity index (χ1v) is 5.50. The number of rotatable bonds is 3. The maximum Gasteiger partial charge on any atom is 0.337 e. The van der Waals surface area contributed by atoms with Crippen LogP contribution in [-0.4, -0.2) is 11.1 Å². The molecule has 0 bridgehead atoms. The second-order valence-corrected chi connectivity index (χ2v) is 3.46. The van der Waals surface area contributed by atoms with Crippen molar-refractivity contribution in [3.63, 3.8) is 0 Å². The molecule has 0 saturated carbocycles. The second-order valence-electron chi connectivity index (χ2n) is 2.28. The summed E-state index contributed by atoms with van der Waals surface area (Å²) in [5.74, 6) is -1.06. The molecule has 14 heavy (non-hydrogen) atoms. The lowest BCUT2D eigenvalue weighted by Gasteiger charge is -2.01. The van der Waals surface area contributed by atoms with Crippen LogP contribution in [0.4, 0.5) is 5.69 Å². The molecule has 2 N–H and O–H groups in total. The van der Waals surface area contributed by atoms with E-state index in [0.29, 0.717) is 5.69 Å². The normalized spacial score (nSPS) is 9.21. The lowest BCUT2D eigenvalue weighted by molar-refractivity contribution is 0.0697. The van der Waals surface area contributed by atoms with Crippen LogP contribution in [0.1, 0.15) is 10.4 Å². The largest absolute Gasteiger partial charge is 0.478 e. The Balaban J connectivity index is 3.00. The predicted molar refractivity (Wildman–Crippen MR) is 59.2 cm³/mol. The molecule has 7 heteroatoms. The lowest BCUT2D eigenvalue weighted by atomic mass is 10.2. The molecule has 0 aromatic heterocycles. The van der Waals surface area contributed by atoms with E-state index < -0.39 is 5.97 Å². The molecule has 0 aliphatic carbocycles. The van der Waals surface area contributed by atoms with Crippen LogP contribution < -0.4 is 5.43 Å². The van der Waals surface area contributed by atoms with Gasteiger partial charge in [-0.1, -0.05) is 11.6 Å². The van der Waals surface area contributed by atoms with Gasteiger partial charge in [0.2, 0.25) is 0 Å². The van der Waals surface area contributed by atoms with Gasteiger partial charge in [-0.25, -0.2) is 4.79 Å². The van der Waals surface area contributed by atoms with Gasteiger partial charge in [0.25, 0.3) is 0 Å². The number of nitrogens with one attached hydrogen (secondary N) is 1. The van der Waals surface area contributed by atoms with Gasteiger partial charge in [-0.2, -0.15) is 0 Å². The van der Waals surface area contributed by atoms with Gasteiger partial charge in [0.1, 0.15) is 0 Å². The summed E-state index contributed by atoms with van der Waals surface area (Å²) in [5, 5.41) is 8.84. The fourth-order valence-corrected chi connectivity index (χ4v) is 1.35. The zero-order valence-corrected chi connectivity index (χ0v) is 9.12. The summed E-state index contributed by atoms with van der Waals surface area (Å²) < 4.78 is 3.63. The van der Waals surface area contributed by atoms with Crippen LogP contribution in [-0.2, 0) is 21.3 Å². The molecule has 1 aromatic carbocycles. The molecular weight excluding hydrogens is 244 g/mol. The number of benzene rings is 1. The topological polar surface area (TPSA) is 61.7 Å². The third-order valence-corrected chi connectivity index (χ3v) is 2.11. The van der Waals surface area contributed by atoms with E-state index in [-0.39, 0.29) is 10.6 Å². The fourth-order valence-electron chi connectivity index (χ4n) is 0.829. The SMILES string of the molecule is O=C(O)c1ccc(NN=S=S)cc1Cl. The lowest BCUT2D eigenvalue weighted by Crippen LogP contribution is -1.97. The number of nitrogens with zero attached hydrogens (tertiary/aromatic N) is 1. The summed E-state index contributed by atoms with van der Waals surface area (Å²) in [6.45, 7) is 0. The van der Waals surface area contributed by atoms with Gasteiger partial charge >= 0.3 is 5.97 Å². The van der Waals surface area contributed by atoms with Crippen molar-refractivity contribution in [2.24, 2.45) is 4.47 Å². The van der Waals surface area contributed by atoms with Gasteiger partial charge in [0.05, 0.1) is 26.4 Å². The summed E-state index contributed by atoms with van der Waals surface area (Å²) >= 11 is 10.2. The highest BCUT2D eigenvalue weighted by molar-refractivity contribution is 8.12. The molecule has 74 valence electrons. The van der Waals surface area contributed by atoms with Crippen LogP contribution in [0.3, 0.4) is 0 Å². The van der Waals surface area contributed by atoms with Gasteiger partial charge < -0.3 is 5.11 Å². The Morgan fingerprint density at radius 3 is 2.86 bits per heavy atom. The maximum absolute atomic E-state index is 10.6. The smallest absolute Gasteiger partial charge is 0.337 e. The van der Waals surface area contributed by atoms with Gasteiger partial charge in [-0.05, 0) is 18.2 Å². The zero-order chi connectivity index (χ0) is 10.6. The van der Waals surface area contributed by atoms with E-state index >= 15 is 0 Å². The second kappa shape index (κ2) is 5.04. The minimum atomic E-state index is -1.06. The van der Waals surface area contributed by atoms with E-state index in [4.69, 9.17) is 16.7 Å². The minimum Gasteiger partial charge on any atom is -0.478 e. The van der Waals surface area contributed by atoms with Crippen molar-refractivity contribution < 1.29 is 9.90 Å². The molecule has 0 amide bonds. The van der Waals surface area contributed by atoms with Crippen molar-refractivity contribution >= 4 is 44.6 Å². The highest BCUT2D eigenvalue weighted by Gasteiger charge is 2.08. The first-order valence-electron chi connectivity index (χ1n) is 3.43. The van der Waals surface area contributed by atoms with Gasteiger partial charge in [-0.3, -0.25) is 5.43 Å². The molecule has 0 unspecified atom stereocenters. The van der Waals surface area contributed by atoms with Crippen LogP contribution in [0.15, 0.2) is 22.7 Å². The molecule has 0 aliphatic rings. The summed E-state index contributed by atoms with van der Waals surface area (Å²) in [6, 6.07) is 4.43. The Hall–Kier alpha value is -0.980. The first-order chi connectivity index (χ1) is 6.65. The van der Waals surface area contributed by atoms with E-state index in [0.717, 1.165) is 10.1 Å². The fraction of sp³-hybridized carbons (Fsp3) is 0. The number of carboxylic acid groups (broad SMARTS) is 1. The van der Waals surface area contributed by atoms with E-state index in [1.807, 2.05) is 0 Å². The standard InChI is InChI=1S/C7H5ClN2O2S2/c8-6-3-4(9-10-14-13)1-2-5(6)7(11)12/h1-3,9H,(H,11,12). The van der Waals surface area contributed by atoms with Crippen LogP contribution in [0.5, 0.6) is 0 Å². The van der Waals surface area contributed by atoms with Crippen LogP contribution in [0, 0.1) is 0 Å². The van der Waals surface area contributed by atoms with E-state index in [9.17, 15) is 4.79 Å². The molecule has 0 atom stereocenters. The quantitative estimate of drug-likeness (QED) is 0.805. The molecular formula is C7H5ClN2O2S2. The average molecular weight is 249 g/mol. The molecule has 0 aliphatic heterocycles. The van der Waals surface area contributed by atoms with Crippen LogP contribution in [0.25, 0.3) is 0 Å². The monoisotopic (exact) mass is 248 g/mol. The van der Waals surface area contributed by atoms with Crippen molar-refractivity contribution in [1.29, 1.82) is 0 Å². The summed E-state index contributed by atoms with van der Waals surface area (Å²) in [6.07, 6.45) is 0. The Labute approximate surface area is 93.2 Å². The highest BCUT2D eigenvalue weighted by Crippen LogP contribution is 2.20. The summed E-state index contributed by atoms with van der Waals surface area (Å²) in [5.41, 5.74) is 3.26. The Morgan fingerprint density at radius 1 is 1.64 bits per heavy atom. The Kier molecular flexibility index (Phi) is 3.99. The van der Waals surface area contributed by atoms with Crippen molar-refractivity contribution in [1.82, 2.24) is 0 Å². The molecule has 0 heterocycles. The molecule has 4 nitrogen and oxygen atoms in total. The van der Waals surface area contributed by atoms with Gasteiger partial charge in [0, 0.05) is 11.2 Å². The molecule has 0 saturated heterocycles. The van der Waals surface area contributed by atoms with E-state index in [2.05, 4.69) is 21.1 Å².